The van der Waals surface area contributed by atoms with Gasteiger partial charge in [-0.1, -0.05) is 79.3 Å². The second kappa shape index (κ2) is 14.5. The molecule has 0 fully saturated rings. The van der Waals surface area contributed by atoms with Crippen molar-refractivity contribution in [2.24, 2.45) is 0 Å². The Labute approximate surface area is 342 Å². The molecule has 6 heterocycles. The molecule has 0 atom stereocenters. The number of para-hydroxylation sites is 4. The predicted octanol–water partition coefficient (Wildman–Crippen LogP) is 9.02. The summed E-state index contributed by atoms with van der Waals surface area (Å²) in [5, 5.41) is 10.1. The van der Waals surface area contributed by atoms with E-state index in [9.17, 15) is 9.59 Å². The Morgan fingerprint density at radius 1 is 0.500 bits per heavy atom. The summed E-state index contributed by atoms with van der Waals surface area (Å²) >= 11 is 19.6. The van der Waals surface area contributed by atoms with Crippen molar-refractivity contribution >= 4 is 88.4 Å². The molecule has 0 spiro atoms. The number of fused-ring (bicyclic) bond motifs is 6. The van der Waals surface area contributed by atoms with E-state index in [2.05, 4.69) is 62.0 Å². The molecule has 0 bridgehead atoms. The number of rotatable bonds is 4. The van der Waals surface area contributed by atoms with Gasteiger partial charge >= 0.3 is 11.1 Å². The minimum atomic E-state index is -0.349. The van der Waals surface area contributed by atoms with Gasteiger partial charge in [-0.05, 0) is 84.9 Å². The van der Waals surface area contributed by atoms with E-state index in [4.69, 9.17) is 23.2 Å². The van der Waals surface area contributed by atoms with Crippen LogP contribution in [0.15, 0.2) is 153 Å². The fourth-order valence-corrected chi connectivity index (χ4v) is 7.84. The smallest absolute Gasteiger partial charge is 0.270 e. The predicted molar refractivity (Wildman–Crippen MR) is 224 cm³/mol. The number of imidazole rings is 2. The molecule has 4 aromatic carbocycles. The van der Waals surface area contributed by atoms with Gasteiger partial charge in [-0.2, -0.15) is 9.36 Å². The van der Waals surface area contributed by atoms with Crippen LogP contribution in [0.5, 0.6) is 0 Å². The van der Waals surface area contributed by atoms with Crippen LogP contribution in [0, 0.1) is 0 Å². The van der Waals surface area contributed by atoms with Crippen molar-refractivity contribution in [1.82, 2.24) is 48.3 Å². The fraction of sp³-hybridized carbons (Fsp3) is 0. The molecule has 56 heavy (non-hydrogen) atoms. The lowest BCUT2D eigenvalue weighted by Gasteiger charge is -2.12. The van der Waals surface area contributed by atoms with Crippen LogP contribution < -0.4 is 11.1 Å². The molecule has 0 aliphatic carbocycles. The zero-order valence-electron chi connectivity index (χ0n) is 28.5. The molecule has 0 unspecified atom stereocenters. The molecule has 272 valence electrons. The summed E-state index contributed by atoms with van der Waals surface area (Å²) in [5.41, 5.74) is 5.51. The van der Waals surface area contributed by atoms with E-state index in [1.807, 2.05) is 84.9 Å². The average molecular weight is 905 g/mol. The first kappa shape index (κ1) is 35.6. The quantitative estimate of drug-likeness (QED) is 0.171. The topological polar surface area (TPSA) is 130 Å². The van der Waals surface area contributed by atoms with Gasteiger partial charge in [0.1, 0.15) is 0 Å². The van der Waals surface area contributed by atoms with E-state index in [0.717, 1.165) is 42.1 Å². The molecule has 0 N–H and O–H groups in total. The van der Waals surface area contributed by atoms with E-state index in [1.165, 1.54) is 9.36 Å². The maximum Gasteiger partial charge on any atom is 0.315 e. The highest BCUT2D eigenvalue weighted by atomic mass is 79.9. The molecule has 0 aliphatic rings. The Morgan fingerprint density at radius 3 is 1.29 bits per heavy atom. The Kier molecular flexibility index (Phi) is 9.25. The van der Waals surface area contributed by atoms with Crippen LogP contribution in [0.3, 0.4) is 0 Å². The lowest BCUT2D eigenvalue weighted by molar-refractivity contribution is 0.787. The van der Waals surface area contributed by atoms with Gasteiger partial charge in [-0.3, -0.25) is 28.4 Å². The Balaban J connectivity index is 0.000000146. The largest absolute Gasteiger partial charge is 0.315 e. The monoisotopic (exact) mass is 902 g/mol. The first-order valence-corrected chi connectivity index (χ1v) is 19.1. The minimum Gasteiger partial charge on any atom is -0.270 e. The van der Waals surface area contributed by atoms with Crippen molar-refractivity contribution in [2.45, 2.75) is 0 Å². The third kappa shape index (κ3) is 6.26. The number of nitrogens with zero attached hydrogens (tertiary/aromatic N) is 10. The maximum absolute atomic E-state index is 13.3. The van der Waals surface area contributed by atoms with Gasteiger partial charge in [-0.25, -0.2) is 9.97 Å². The molecule has 0 saturated heterocycles. The van der Waals surface area contributed by atoms with Crippen molar-refractivity contribution in [3.8, 4) is 34.2 Å². The maximum atomic E-state index is 13.3. The van der Waals surface area contributed by atoms with Crippen molar-refractivity contribution in [1.29, 1.82) is 0 Å². The van der Waals surface area contributed by atoms with E-state index in [1.54, 1.807) is 57.9 Å². The van der Waals surface area contributed by atoms with Crippen LogP contribution >= 0.6 is 55.1 Å². The number of hydrogen-bond donors (Lipinski definition) is 0. The first-order valence-electron chi connectivity index (χ1n) is 16.8. The van der Waals surface area contributed by atoms with Gasteiger partial charge < -0.3 is 0 Å². The molecular weight excluding hydrogens is 883 g/mol. The summed E-state index contributed by atoms with van der Waals surface area (Å²) in [7, 11) is 0. The van der Waals surface area contributed by atoms with Gasteiger partial charge in [-0.15, -0.1) is 10.2 Å². The third-order valence-electron chi connectivity index (χ3n) is 8.85. The van der Waals surface area contributed by atoms with Gasteiger partial charge in [0.25, 0.3) is 0 Å². The summed E-state index contributed by atoms with van der Waals surface area (Å²) < 4.78 is 7.77. The molecule has 10 rings (SSSR count). The molecule has 12 nitrogen and oxygen atoms in total. The third-order valence-corrected chi connectivity index (χ3v) is 10.4. The second-order valence-corrected chi connectivity index (χ2v) is 14.9. The first-order chi connectivity index (χ1) is 27.3. The number of benzene rings is 4. The van der Waals surface area contributed by atoms with Crippen LogP contribution in [0.1, 0.15) is 0 Å². The molecule has 0 amide bonds. The van der Waals surface area contributed by atoms with Crippen LogP contribution in [-0.4, -0.2) is 48.3 Å². The Hall–Kier alpha value is -6.06. The normalized spacial score (nSPS) is 11.4. The van der Waals surface area contributed by atoms with E-state index in [0.29, 0.717) is 33.1 Å². The number of pyridine rings is 2. The van der Waals surface area contributed by atoms with Crippen molar-refractivity contribution in [2.75, 3.05) is 0 Å². The fourth-order valence-electron chi connectivity index (χ4n) is 6.34. The molecule has 0 aliphatic heterocycles. The zero-order valence-corrected chi connectivity index (χ0v) is 33.2. The molecule has 0 radical (unpaired) electrons. The van der Waals surface area contributed by atoms with Gasteiger partial charge in [0.15, 0.2) is 11.6 Å². The molecule has 6 aromatic heterocycles. The van der Waals surface area contributed by atoms with Crippen LogP contribution in [0.4, 0.5) is 0 Å². The number of halogens is 4. The summed E-state index contributed by atoms with van der Waals surface area (Å²) in [4.78, 5) is 43.8. The summed E-state index contributed by atoms with van der Waals surface area (Å²) in [6.07, 6.45) is 6.74. The number of aromatic nitrogens is 10. The van der Waals surface area contributed by atoms with Crippen molar-refractivity contribution < 1.29 is 0 Å². The second-order valence-electron chi connectivity index (χ2n) is 12.3. The van der Waals surface area contributed by atoms with E-state index < -0.39 is 0 Å². The lowest BCUT2D eigenvalue weighted by Crippen LogP contribution is -2.25. The highest BCUT2D eigenvalue weighted by Gasteiger charge is 2.21. The molecule has 16 heteroatoms. The van der Waals surface area contributed by atoms with Gasteiger partial charge in [0.05, 0.1) is 43.5 Å². The van der Waals surface area contributed by atoms with Crippen molar-refractivity contribution in [3.63, 3.8) is 0 Å². The minimum absolute atomic E-state index is 0.280. The van der Waals surface area contributed by atoms with Crippen LogP contribution in [0.2, 0.25) is 10.0 Å². The van der Waals surface area contributed by atoms with Crippen LogP contribution in [0.25, 0.3) is 67.5 Å². The van der Waals surface area contributed by atoms with Crippen LogP contribution in [-0.2, 0) is 0 Å². The Bertz CT molecular complexity index is 3040. The zero-order chi connectivity index (χ0) is 38.5. The van der Waals surface area contributed by atoms with Gasteiger partial charge in [0.2, 0.25) is 11.3 Å². The summed E-state index contributed by atoms with van der Waals surface area (Å²) in [6, 6.07) is 33.1. The van der Waals surface area contributed by atoms with E-state index >= 15 is 0 Å². The molecular formula is C40H22Br2Cl2N10O2. The highest BCUT2D eigenvalue weighted by molar-refractivity contribution is 9.10. The SMILES string of the molecule is O=c1c2nc3ccccc3n2c(-c2ccncc2)nn1-c1ccc(Br)cc1Cl.O=c1c2nc3ccccc3n2c(-c2ccncc2)nn1-c1ccc(Br)cc1Cl. The Morgan fingerprint density at radius 2 is 0.893 bits per heavy atom. The van der Waals surface area contributed by atoms with Gasteiger partial charge in [0, 0.05) is 44.9 Å². The average Bonchev–Trinajstić information content (AvgIpc) is 3.81. The summed E-state index contributed by atoms with van der Waals surface area (Å²) in [5.74, 6) is 1.15. The standard InChI is InChI=1S/2C20H11BrClN5O/c2*21-13-5-6-16(14(22)11-13)27-20(28)19-24-15-3-1-2-4-17(15)26(19)18(25-27)12-7-9-23-10-8-12/h2*1-11H. The van der Waals surface area contributed by atoms with Crippen molar-refractivity contribution in [3.05, 3.63) is 174 Å². The highest BCUT2D eigenvalue weighted by Crippen LogP contribution is 2.28. The lowest BCUT2D eigenvalue weighted by atomic mass is 10.2. The number of hydrogen-bond acceptors (Lipinski definition) is 8. The van der Waals surface area contributed by atoms with E-state index in [-0.39, 0.29) is 22.4 Å². The summed E-state index contributed by atoms with van der Waals surface area (Å²) in [6.45, 7) is 0. The molecule has 10 aromatic rings. The molecule has 0 saturated carbocycles.